The number of hydrogen-bond donors (Lipinski definition) is 2. The van der Waals surface area contributed by atoms with Crippen LogP contribution in [0.3, 0.4) is 0 Å². The standard InChI is InChI=1S/C22H32O3.C21H26ClNO.C4H4O4/c1-4-20(24)25-19-8-7-17-16-6-5-14-13-15(23)9-11-21(14,2)18(16)10-12-22(17,19)3;1-21(17-7-4-3-5-8-17,18-10-12-19(22)13-11-18)24-16-14-20-9-6-15-23(20)2;5-3(6)1-2-4(7)8/h13,16-19H,4-12H2,1-3H3;3-5,7-8,10-13,20H,6,9,14-16H2,1-2H3;1-2H,(H,5,6)(H,7,8). The van der Waals surface area contributed by atoms with Crippen molar-refractivity contribution >= 4 is 35.3 Å². The summed E-state index contributed by atoms with van der Waals surface area (Å²) in [6.45, 7) is 10.8. The number of aliphatic carboxylic acids is 2. The molecular formula is C47H62ClNO8. The summed E-state index contributed by atoms with van der Waals surface area (Å²) in [6, 6.07) is 19.1. The number of allylic oxidation sites excluding steroid dienone is 1. The number of carbonyl (C=O) groups excluding carboxylic acids is 2. The van der Waals surface area contributed by atoms with Crippen molar-refractivity contribution in [1.82, 2.24) is 4.90 Å². The first kappa shape index (κ1) is 44.3. The molecule has 8 unspecified atom stereocenters. The van der Waals surface area contributed by atoms with Gasteiger partial charge in [-0.3, -0.25) is 9.59 Å². The van der Waals surface area contributed by atoms with E-state index in [-0.39, 0.29) is 22.9 Å². The molecule has 0 spiro atoms. The highest BCUT2D eigenvalue weighted by molar-refractivity contribution is 6.30. The fourth-order valence-electron chi connectivity index (χ4n) is 10.7. The maximum atomic E-state index is 11.9. The largest absolute Gasteiger partial charge is 0.478 e. The molecule has 7 rings (SSSR count). The third-order valence-corrected chi connectivity index (χ3v) is 14.3. The molecule has 2 aromatic rings. The number of benzene rings is 2. The number of ether oxygens (including phenoxy) is 2. The average Bonchev–Trinajstić information content (AvgIpc) is 3.76. The fourth-order valence-corrected chi connectivity index (χ4v) is 10.8. The summed E-state index contributed by atoms with van der Waals surface area (Å²) >= 11 is 6.07. The molecule has 2 aromatic carbocycles. The minimum atomic E-state index is -1.26. The van der Waals surface area contributed by atoms with Crippen LogP contribution in [0.25, 0.3) is 0 Å². The molecule has 57 heavy (non-hydrogen) atoms. The second-order valence-electron chi connectivity index (χ2n) is 17.3. The smallest absolute Gasteiger partial charge is 0.328 e. The number of carboxylic acids is 2. The van der Waals surface area contributed by atoms with Crippen LogP contribution in [-0.2, 0) is 34.3 Å². The third kappa shape index (κ3) is 10.5. The number of ketones is 1. The van der Waals surface area contributed by atoms with Gasteiger partial charge in [0.15, 0.2) is 5.78 Å². The van der Waals surface area contributed by atoms with E-state index in [1.165, 1.54) is 49.8 Å². The highest BCUT2D eigenvalue weighted by Crippen LogP contribution is 2.65. The number of fused-ring (bicyclic) bond motifs is 5. The molecule has 1 aliphatic heterocycles. The molecule has 1 saturated heterocycles. The Labute approximate surface area is 343 Å². The minimum Gasteiger partial charge on any atom is -0.478 e. The zero-order chi connectivity index (χ0) is 41.4. The maximum Gasteiger partial charge on any atom is 0.328 e. The third-order valence-electron chi connectivity index (χ3n) is 14.0. The first-order chi connectivity index (χ1) is 27.1. The van der Waals surface area contributed by atoms with Crippen molar-refractivity contribution in [2.75, 3.05) is 20.2 Å². The number of esters is 1. The summed E-state index contributed by atoms with van der Waals surface area (Å²) < 4.78 is 12.3. The molecule has 0 aromatic heterocycles. The lowest BCUT2D eigenvalue weighted by molar-refractivity contribution is -0.159. The van der Waals surface area contributed by atoms with E-state index in [9.17, 15) is 19.2 Å². The topological polar surface area (TPSA) is 130 Å². The van der Waals surface area contributed by atoms with Gasteiger partial charge in [0.2, 0.25) is 0 Å². The average molecular weight is 804 g/mol. The molecular weight excluding hydrogens is 742 g/mol. The number of halogens is 1. The Morgan fingerprint density at radius 2 is 1.56 bits per heavy atom. The van der Waals surface area contributed by atoms with Crippen LogP contribution < -0.4 is 0 Å². The summed E-state index contributed by atoms with van der Waals surface area (Å²) in [4.78, 5) is 45.3. The van der Waals surface area contributed by atoms with Crippen LogP contribution in [0.1, 0.15) is 116 Å². The predicted molar refractivity (Wildman–Crippen MR) is 222 cm³/mol. The summed E-state index contributed by atoms with van der Waals surface area (Å²) in [7, 11) is 2.22. The molecule has 0 amide bonds. The van der Waals surface area contributed by atoms with Gasteiger partial charge >= 0.3 is 17.9 Å². The molecule has 0 radical (unpaired) electrons. The predicted octanol–water partition coefficient (Wildman–Crippen LogP) is 9.66. The van der Waals surface area contributed by atoms with E-state index < -0.39 is 17.5 Å². The molecule has 10 heteroatoms. The van der Waals surface area contributed by atoms with E-state index in [2.05, 4.69) is 69.1 Å². The molecule has 9 nitrogen and oxygen atoms in total. The first-order valence-corrected chi connectivity index (χ1v) is 21.2. The number of hydrogen-bond acceptors (Lipinski definition) is 7. The van der Waals surface area contributed by atoms with Crippen LogP contribution in [0, 0.1) is 28.6 Å². The minimum absolute atomic E-state index is 0.0411. The van der Waals surface area contributed by atoms with Crippen LogP contribution in [-0.4, -0.2) is 71.1 Å². The van der Waals surface area contributed by atoms with Gasteiger partial charge < -0.3 is 24.6 Å². The Hall–Kier alpha value is -3.79. The van der Waals surface area contributed by atoms with E-state index in [0.717, 1.165) is 61.6 Å². The van der Waals surface area contributed by atoms with Crippen LogP contribution in [0.15, 0.2) is 78.4 Å². The summed E-state index contributed by atoms with van der Waals surface area (Å²) in [5.74, 6) is -0.102. The molecule has 2 N–H and O–H groups in total. The van der Waals surface area contributed by atoms with E-state index >= 15 is 0 Å². The monoisotopic (exact) mass is 803 g/mol. The highest BCUT2D eigenvalue weighted by Gasteiger charge is 2.60. The van der Waals surface area contributed by atoms with Gasteiger partial charge in [-0.25, -0.2) is 9.59 Å². The van der Waals surface area contributed by atoms with Gasteiger partial charge in [0.05, 0.1) is 0 Å². The van der Waals surface area contributed by atoms with E-state index in [1.54, 1.807) is 0 Å². The molecule has 310 valence electrons. The zero-order valence-electron chi connectivity index (χ0n) is 34.4. The van der Waals surface area contributed by atoms with Crippen LogP contribution in [0.5, 0.6) is 0 Å². The molecule has 5 aliphatic rings. The number of rotatable bonds is 10. The van der Waals surface area contributed by atoms with Gasteiger partial charge in [-0.15, -0.1) is 0 Å². The highest BCUT2D eigenvalue weighted by atomic mass is 35.5. The van der Waals surface area contributed by atoms with Crippen molar-refractivity contribution in [2.45, 2.75) is 122 Å². The fraction of sp³-hybridized carbons (Fsp3) is 0.574. The Morgan fingerprint density at radius 3 is 2.18 bits per heavy atom. The summed E-state index contributed by atoms with van der Waals surface area (Å²) in [5.41, 5.74) is 3.68. The Bertz CT molecular complexity index is 1760. The Kier molecular flexibility index (Phi) is 15.0. The SMILES string of the molecule is CCC(=O)OC1CCC2C3CCC4=CC(=O)CCC4(C)C3CCC12C.CN1CCCC1CCOC(C)(c1ccccc1)c1ccc(Cl)cc1.O=C(O)C=CC(=O)O. The molecule has 8 atom stereocenters. The van der Waals surface area contributed by atoms with Crippen LogP contribution >= 0.6 is 11.6 Å². The van der Waals surface area contributed by atoms with E-state index in [1.807, 2.05) is 31.2 Å². The number of likely N-dealkylation sites (tertiary alicyclic amines) is 1. The zero-order valence-corrected chi connectivity index (χ0v) is 35.1. The Balaban J connectivity index is 0.000000184. The van der Waals surface area contributed by atoms with Crippen LogP contribution in [0.4, 0.5) is 0 Å². The van der Waals surface area contributed by atoms with Gasteiger partial charge in [-0.05, 0) is 137 Å². The van der Waals surface area contributed by atoms with Crippen molar-refractivity contribution in [3.63, 3.8) is 0 Å². The molecule has 0 bridgehead atoms. The van der Waals surface area contributed by atoms with Crippen molar-refractivity contribution in [3.05, 3.63) is 94.5 Å². The number of carboxylic acid groups (broad SMARTS) is 2. The quantitative estimate of drug-likeness (QED) is 0.178. The maximum absolute atomic E-state index is 11.9. The first-order valence-electron chi connectivity index (χ1n) is 20.8. The van der Waals surface area contributed by atoms with Gasteiger partial charge in [0.1, 0.15) is 11.7 Å². The van der Waals surface area contributed by atoms with E-state index in [0.29, 0.717) is 42.2 Å². The summed E-state index contributed by atoms with van der Waals surface area (Å²) in [5, 5.41) is 16.4. The Morgan fingerprint density at radius 1 is 0.895 bits per heavy atom. The number of nitrogens with zero attached hydrogens (tertiary/aromatic N) is 1. The molecule has 3 saturated carbocycles. The second-order valence-corrected chi connectivity index (χ2v) is 17.7. The normalized spacial score (nSPS) is 30.2. The lowest BCUT2D eigenvalue weighted by Crippen LogP contribution is -2.51. The van der Waals surface area contributed by atoms with Crippen molar-refractivity contribution in [3.8, 4) is 0 Å². The molecule has 1 heterocycles. The second kappa shape index (κ2) is 19.3. The van der Waals surface area contributed by atoms with E-state index in [4.69, 9.17) is 31.3 Å². The van der Waals surface area contributed by atoms with Gasteiger partial charge in [-0.2, -0.15) is 0 Å². The van der Waals surface area contributed by atoms with Gasteiger partial charge in [-0.1, -0.05) is 80.4 Å². The van der Waals surface area contributed by atoms with Gasteiger partial charge in [0, 0.05) is 48.1 Å². The van der Waals surface area contributed by atoms with Crippen molar-refractivity contribution < 1.29 is 38.9 Å². The van der Waals surface area contributed by atoms with Crippen molar-refractivity contribution in [1.29, 1.82) is 0 Å². The number of carbonyl (C=O) groups is 4. The molecule has 4 aliphatic carbocycles. The lowest BCUT2D eigenvalue weighted by Gasteiger charge is -2.57. The lowest BCUT2D eigenvalue weighted by atomic mass is 9.47. The summed E-state index contributed by atoms with van der Waals surface area (Å²) in [6.07, 6.45) is 16.0. The van der Waals surface area contributed by atoms with Gasteiger partial charge in [0.25, 0.3) is 0 Å². The molecule has 4 fully saturated rings. The van der Waals surface area contributed by atoms with Crippen molar-refractivity contribution in [2.24, 2.45) is 28.6 Å². The van der Waals surface area contributed by atoms with Crippen LogP contribution in [0.2, 0.25) is 5.02 Å².